The summed E-state index contributed by atoms with van der Waals surface area (Å²) in [5.41, 5.74) is 1.96. The number of para-hydroxylation sites is 1. The second-order valence-electron chi connectivity index (χ2n) is 5.12. The largest absolute Gasteiger partial charge is 0.496 e. The molecule has 2 aromatic rings. The van der Waals surface area contributed by atoms with Gasteiger partial charge in [-0.2, -0.15) is 0 Å². The molecule has 0 saturated heterocycles. The fraction of sp³-hybridized carbons (Fsp3) is 0.278. The van der Waals surface area contributed by atoms with E-state index < -0.39 is 0 Å². The highest BCUT2D eigenvalue weighted by atomic mass is 35.5. The van der Waals surface area contributed by atoms with E-state index in [0.29, 0.717) is 17.9 Å². The molecule has 1 atom stereocenters. The first kappa shape index (κ1) is 16.4. The molecule has 2 rings (SSSR count). The molecule has 0 aliphatic carbocycles. The van der Waals surface area contributed by atoms with Gasteiger partial charge in [-0.25, -0.2) is 0 Å². The molecule has 0 aromatic heterocycles. The molecule has 0 unspecified atom stereocenters. The van der Waals surface area contributed by atoms with Gasteiger partial charge in [0.05, 0.1) is 13.2 Å². The molecule has 1 N–H and O–H groups in total. The maximum Gasteiger partial charge on any atom is 0.220 e. The molecule has 4 heteroatoms. The van der Waals surface area contributed by atoms with E-state index in [4.69, 9.17) is 16.3 Å². The Morgan fingerprint density at radius 1 is 1.18 bits per heavy atom. The third-order valence-electron chi connectivity index (χ3n) is 3.56. The molecule has 0 spiro atoms. The average Bonchev–Trinajstić information content (AvgIpc) is 2.54. The predicted molar refractivity (Wildman–Crippen MR) is 89.3 cm³/mol. The molecule has 0 fully saturated rings. The molecule has 0 radical (unpaired) electrons. The van der Waals surface area contributed by atoms with Crippen LogP contribution in [0.15, 0.2) is 48.5 Å². The summed E-state index contributed by atoms with van der Waals surface area (Å²) in [6, 6.07) is 15.2. The number of aryl methyl sites for hydroxylation is 1. The second kappa shape index (κ2) is 7.85. The summed E-state index contributed by atoms with van der Waals surface area (Å²) in [6.07, 6.45) is 1.04. The summed E-state index contributed by atoms with van der Waals surface area (Å²) >= 11 is 6.10. The van der Waals surface area contributed by atoms with Crippen LogP contribution >= 0.6 is 11.6 Å². The zero-order chi connectivity index (χ0) is 15.9. The fourth-order valence-corrected chi connectivity index (χ4v) is 2.60. The Bertz CT molecular complexity index is 642. The number of carbonyl (C=O) groups excluding carboxylic acids is 1. The lowest BCUT2D eigenvalue weighted by atomic mass is 10.1. The van der Waals surface area contributed by atoms with Crippen molar-refractivity contribution >= 4 is 17.5 Å². The van der Waals surface area contributed by atoms with Crippen LogP contribution in [0.1, 0.15) is 30.5 Å². The number of benzene rings is 2. The van der Waals surface area contributed by atoms with Gasteiger partial charge in [-0.3, -0.25) is 4.79 Å². The van der Waals surface area contributed by atoms with Crippen molar-refractivity contribution in [3.63, 3.8) is 0 Å². The maximum absolute atomic E-state index is 12.1. The van der Waals surface area contributed by atoms with Crippen LogP contribution in [0.2, 0.25) is 5.02 Å². The standard InChI is InChI=1S/C18H20ClNO2/c1-13(15-8-4-6-10-17(15)22-2)20-18(21)12-11-14-7-3-5-9-16(14)19/h3-10,13H,11-12H2,1-2H3,(H,20,21)/t13-/m0/s1. The van der Waals surface area contributed by atoms with Crippen LogP contribution in [0.5, 0.6) is 5.75 Å². The number of carbonyl (C=O) groups is 1. The highest BCUT2D eigenvalue weighted by molar-refractivity contribution is 6.31. The molecule has 0 heterocycles. The van der Waals surface area contributed by atoms with Crippen molar-refractivity contribution in [1.29, 1.82) is 0 Å². The summed E-state index contributed by atoms with van der Waals surface area (Å²) in [6.45, 7) is 1.95. The Morgan fingerprint density at radius 3 is 2.59 bits per heavy atom. The Hall–Kier alpha value is -2.00. The molecule has 22 heavy (non-hydrogen) atoms. The van der Waals surface area contributed by atoms with Gasteiger partial charge in [-0.1, -0.05) is 48.0 Å². The van der Waals surface area contributed by atoms with Crippen LogP contribution in [0.25, 0.3) is 0 Å². The van der Waals surface area contributed by atoms with Gasteiger partial charge in [-0.05, 0) is 31.0 Å². The van der Waals surface area contributed by atoms with Crippen molar-refractivity contribution in [1.82, 2.24) is 5.32 Å². The van der Waals surface area contributed by atoms with E-state index in [1.54, 1.807) is 7.11 Å². The molecule has 0 saturated carbocycles. The SMILES string of the molecule is COc1ccccc1[C@H](C)NC(=O)CCc1ccccc1Cl. The van der Waals surface area contributed by atoms with E-state index in [1.165, 1.54) is 0 Å². The van der Waals surface area contributed by atoms with Crippen molar-refractivity contribution < 1.29 is 9.53 Å². The summed E-state index contributed by atoms with van der Waals surface area (Å²) in [7, 11) is 1.63. The molecule has 2 aromatic carbocycles. The van der Waals surface area contributed by atoms with Gasteiger partial charge < -0.3 is 10.1 Å². The van der Waals surface area contributed by atoms with Crippen molar-refractivity contribution in [2.45, 2.75) is 25.8 Å². The van der Waals surface area contributed by atoms with Crippen LogP contribution in [-0.4, -0.2) is 13.0 Å². The number of hydrogen-bond donors (Lipinski definition) is 1. The van der Waals surface area contributed by atoms with Crippen molar-refractivity contribution in [3.05, 3.63) is 64.7 Å². The Labute approximate surface area is 136 Å². The number of amides is 1. The Balaban J connectivity index is 1.93. The highest BCUT2D eigenvalue weighted by Crippen LogP contribution is 2.24. The third-order valence-corrected chi connectivity index (χ3v) is 3.93. The third kappa shape index (κ3) is 4.25. The van der Waals surface area contributed by atoms with E-state index >= 15 is 0 Å². The molecule has 116 valence electrons. The first-order valence-electron chi connectivity index (χ1n) is 7.27. The molecule has 0 bridgehead atoms. The molecule has 1 amide bonds. The summed E-state index contributed by atoms with van der Waals surface area (Å²) in [5.74, 6) is 0.778. The molecular weight excluding hydrogens is 298 g/mol. The van der Waals surface area contributed by atoms with E-state index in [1.807, 2.05) is 55.5 Å². The van der Waals surface area contributed by atoms with E-state index in [-0.39, 0.29) is 11.9 Å². The van der Waals surface area contributed by atoms with Gasteiger partial charge >= 0.3 is 0 Å². The Kier molecular flexibility index (Phi) is 5.84. The zero-order valence-corrected chi connectivity index (χ0v) is 13.6. The predicted octanol–water partition coefficient (Wildman–Crippen LogP) is 4.16. The lowest BCUT2D eigenvalue weighted by Crippen LogP contribution is -2.27. The first-order valence-corrected chi connectivity index (χ1v) is 7.65. The smallest absolute Gasteiger partial charge is 0.220 e. The van der Waals surface area contributed by atoms with Gasteiger partial charge in [0.2, 0.25) is 5.91 Å². The average molecular weight is 318 g/mol. The first-order chi connectivity index (χ1) is 10.6. The van der Waals surface area contributed by atoms with E-state index in [2.05, 4.69) is 5.32 Å². The monoisotopic (exact) mass is 317 g/mol. The number of methoxy groups -OCH3 is 1. The lowest BCUT2D eigenvalue weighted by Gasteiger charge is -2.17. The second-order valence-corrected chi connectivity index (χ2v) is 5.53. The van der Waals surface area contributed by atoms with Gasteiger partial charge in [-0.15, -0.1) is 0 Å². The van der Waals surface area contributed by atoms with Crippen LogP contribution in [0.4, 0.5) is 0 Å². The summed E-state index contributed by atoms with van der Waals surface area (Å²) in [5, 5.41) is 3.70. The highest BCUT2D eigenvalue weighted by Gasteiger charge is 2.13. The van der Waals surface area contributed by atoms with E-state index in [9.17, 15) is 4.79 Å². The maximum atomic E-state index is 12.1. The summed E-state index contributed by atoms with van der Waals surface area (Å²) < 4.78 is 5.32. The normalized spacial score (nSPS) is 11.8. The van der Waals surface area contributed by atoms with Crippen LogP contribution < -0.4 is 10.1 Å². The lowest BCUT2D eigenvalue weighted by molar-refractivity contribution is -0.121. The topological polar surface area (TPSA) is 38.3 Å². The van der Waals surface area contributed by atoms with Gasteiger partial charge in [0.15, 0.2) is 0 Å². The fourth-order valence-electron chi connectivity index (χ4n) is 2.36. The number of nitrogens with one attached hydrogen (secondary N) is 1. The van der Waals surface area contributed by atoms with Crippen molar-refractivity contribution in [2.75, 3.05) is 7.11 Å². The number of rotatable bonds is 6. The van der Waals surface area contributed by atoms with Gasteiger partial charge in [0.1, 0.15) is 5.75 Å². The minimum absolute atomic E-state index is 0.00155. The van der Waals surface area contributed by atoms with Gasteiger partial charge in [0.25, 0.3) is 0 Å². The van der Waals surface area contributed by atoms with Crippen molar-refractivity contribution in [3.8, 4) is 5.75 Å². The Morgan fingerprint density at radius 2 is 1.86 bits per heavy atom. The molecule has 0 aliphatic rings. The number of ether oxygens (including phenoxy) is 1. The van der Waals surface area contributed by atoms with Crippen LogP contribution in [0, 0.1) is 0 Å². The van der Waals surface area contributed by atoms with Crippen LogP contribution in [-0.2, 0) is 11.2 Å². The van der Waals surface area contributed by atoms with Crippen LogP contribution in [0.3, 0.4) is 0 Å². The van der Waals surface area contributed by atoms with Gasteiger partial charge in [0, 0.05) is 17.0 Å². The zero-order valence-electron chi connectivity index (χ0n) is 12.8. The minimum Gasteiger partial charge on any atom is -0.496 e. The minimum atomic E-state index is -0.102. The quantitative estimate of drug-likeness (QED) is 0.868. The van der Waals surface area contributed by atoms with Crippen molar-refractivity contribution in [2.24, 2.45) is 0 Å². The number of halogens is 1. The summed E-state index contributed by atoms with van der Waals surface area (Å²) in [4.78, 5) is 12.1. The molecule has 0 aliphatic heterocycles. The molecule has 3 nitrogen and oxygen atoms in total. The molecular formula is C18H20ClNO2. The number of hydrogen-bond acceptors (Lipinski definition) is 2. The van der Waals surface area contributed by atoms with E-state index in [0.717, 1.165) is 16.9 Å².